The zero-order valence-corrected chi connectivity index (χ0v) is 24.1. The monoisotopic (exact) mass is 546 g/mol. The van der Waals surface area contributed by atoms with Crippen LogP contribution in [0.5, 0.6) is 0 Å². The Kier molecular flexibility index (Phi) is 6.58. The lowest BCUT2D eigenvalue weighted by Gasteiger charge is -2.49. The first-order chi connectivity index (χ1) is 19.4. The number of rotatable bonds is 5. The molecular formula is C30H42N8O2. The second-order valence-corrected chi connectivity index (χ2v) is 12.7. The fraction of sp³-hybridized carbons (Fsp3) is 0.667. The van der Waals surface area contributed by atoms with Crippen molar-refractivity contribution in [2.45, 2.75) is 84.0 Å². The number of anilines is 1. The van der Waals surface area contributed by atoms with Gasteiger partial charge in [-0.05, 0) is 63.4 Å². The van der Waals surface area contributed by atoms with Crippen molar-refractivity contribution in [1.29, 1.82) is 0 Å². The van der Waals surface area contributed by atoms with Gasteiger partial charge in [0.25, 0.3) is 0 Å². The minimum absolute atomic E-state index is 0.108. The third-order valence-electron chi connectivity index (χ3n) is 10.1. The van der Waals surface area contributed by atoms with Gasteiger partial charge in [-0.3, -0.25) is 14.2 Å². The summed E-state index contributed by atoms with van der Waals surface area (Å²) in [6, 6.07) is 2.26. The van der Waals surface area contributed by atoms with E-state index in [0.29, 0.717) is 19.1 Å². The van der Waals surface area contributed by atoms with E-state index in [1.54, 1.807) is 0 Å². The number of amides is 1. The number of fused-ring (bicyclic) bond motifs is 4. The van der Waals surface area contributed by atoms with Crippen molar-refractivity contribution in [1.82, 2.24) is 35.2 Å². The Hall–Kier alpha value is -2.98. The number of hydrogen-bond donors (Lipinski definition) is 2. The van der Waals surface area contributed by atoms with Gasteiger partial charge in [-0.15, -0.1) is 0 Å². The molecule has 3 aromatic heterocycles. The molecule has 2 aliphatic heterocycles. The lowest BCUT2D eigenvalue weighted by molar-refractivity contribution is -0.128. The van der Waals surface area contributed by atoms with Crippen LogP contribution in [-0.4, -0.2) is 68.8 Å². The number of hydrogen-bond acceptors (Lipinski definition) is 7. The van der Waals surface area contributed by atoms with Crippen LogP contribution in [0.25, 0.3) is 11.0 Å². The SMILES string of the molecule is Cc1cc(N2CCc3c(c(C)nn3CC34CCCC(C3)C(NC(=O)[C@@H]3COCCN3)CC4)C2)c2cnn(C)c2n1. The standard InChI is InChI=1S/C30H42N8O2/c1-19-13-27(22-15-32-36(3)28(22)33-19)37-11-7-26-23(16-37)20(2)35-38(26)18-30-8-4-5-21(14-30)24(6-9-30)34-29(39)25-17-40-12-10-31-25/h13,15,21,24-25,31H,4-12,14,16-18H2,1-3H3,(H,34,39)/t21?,24?,25-,30?/m0/s1. The van der Waals surface area contributed by atoms with Crippen molar-refractivity contribution >= 4 is 22.6 Å². The lowest BCUT2D eigenvalue weighted by atomic mass is 9.60. The zero-order valence-electron chi connectivity index (χ0n) is 24.1. The molecule has 2 aliphatic carbocycles. The first-order valence-electron chi connectivity index (χ1n) is 15.1. The molecule has 5 heterocycles. The average Bonchev–Trinajstić information content (AvgIpc) is 3.48. The molecule has 10 heteroatoms. The van der Waals surface area contributed by atoms with Crippen LogP contribution in [0.2, 0.25) is 0 Å². The molecule has 2 N–H and O–H groups in total. The lowest BCUT2D eigenvalue weighted by Crippen LogP contribution is -2.56. The molecule has 1 saturated heterocycles. The van der Waals surface area contributed by atoms with Crippen molar-refractivity contribution in [3.05, 3.63) is 34.9 Å². The number of aryl methyl sites for hydroxylation is 3. The Morgan fingerprint density at radius 2 is 2.17 bits per heavy atom. The van der Waals surface area contributed by atoms with Gasteiger partial charge in [-0.25, -0.2) is 4.98 Å². The summed E-state index contributed by atoms with van der Waals surface area (Å²) in [6.45, 7) is 8.98. The highest BCUT2D eigenvalue weighted by Crippen LogP contribution is 2.50. The Bertz CT molecular complexity index is 1420. The maximum Gasteiger partial charge on any atom is 0.239 e. The van der Waals surface area contributed by atoms with Gasteiger partial charge in [0, 0.05) is 62.6 Å². The van der Waals surface area contributed by atoms with Gasteiger partial charge >= 0.3 is 0 Å². The molecular weight excluding hydrogens is 504 g/mol. The van der Waals surface area contributed by atoms with E-state index in [9.17, 15) is 4.79 Å². The minimum Gasteiger partial charge on any atom is -0.378 e. The van der Waals surface area contributed by atoms with E-state index in [1.165, 1.54) is 42.6 Å². The number of carbonyl (C=O) groups excluding carboxylic acids is 1. The van der Waals surface area contributed by atoms with Gasteiger partial charge in [0.05, 0.1) is 36.2 Å². The van der Waals surface area contributed by atoms with E-state index in [0.717, 1.165) is 67.9 Å². The molecule has 214 valence electrons. The summed E-state index contributed by atoms with van der Waals surface area (Å²) in [5, 5.41) is 17.4. The highest BCUT2D eigenvalue weighted by molar-refractivity contribution is 5.89. The van der Waals surface area contributed by atoms with Crippen LogP contribution >= 0.6 is 0 Å². The molecule has 3 unspecified atom stereocenters. The quantitative estimate of drug-likeness (QED) is 0.507. The van der Waals surface area contributed by atoms with Crippen LogP contribution in [0.1, 0.15) is 61.2 Å². The van der Waals surface area contributed by atoms with Crippen LogP contribution in [-0.2, 0) is 36.1 Å². The summed E-state index contributed by atoms with van der Waals surface area (Å²) in [7, 11) is 1.96. The summed E-state index contributed by atoms with van der Waals surface area (Å²) in [4.78, 5) is 20.1. The fourth-order valence-electron chi connectivity index (χ4n) is 8.00. The molecule has 40 heavy (non-hydrogen) atoms. The third-order valence-corrected chi connectivity index (χ3v) is 10.1. The van der Waals surface area contributed by atoms with Gasteiger partial charge < -0.3 is 20.3 Å². The van der Waals surface area contributed by atoms with Gasteiger partial charge in [0.1, 0.15) is 6.04 Å². The molecule has 10 nitrogen and oxygen atoms in total. The van der Waals surface area contributed by atoms with Gasteiger partial charge in [0.2, 0.25) is 5.91 Å². The normalized spacial score (nSPS) is 28.5. The summed E-state index contributed by atoms with van der Waals surface area (Å²) >= 11 is 0. The van der Waals surface area contributed by atoms with E-state index < -0.39 is 0 Å². The zero-order chi connectivity index (χ0) is 27.4. The first kappa shape index (κ1) is 26.0. The predicted octanol–water partition coefficient (Wildman–Crippen LogP) is 2.79. The van der Waals surface area contributed by atoms with E-state index in [-0.39, 0.29) is 23.4 Å². The average molecular weight is 547 g/mol. The minimum atomic E-state index is -0.215. The first-order valence-corrected chi connectivity index (χ1v) is 15.1. The molecule has 4 aliphatic rings. The Labute approximate surface area is 235 Å². The Balaban J connectivity index is 1.07. The molecule has 4 atom stereocenters. The number of ether oxygens (including phenoxy) is 1. The van der Waals surface area contributed by atoms with Crippen molar-refractivity contribution in [2.24, 2.45) is 18.4 Å². The molecule has 1 amide bonds. The van der Waals surface area contributed by atoms with E-state index in [2.05, 4.69) is 45.2 Å². The van der Waals surface area contributed by atoms with Crippen LogP contribution in [0.15, 0.2) is 12.3 Å². The van der Waals surface area contributed by atoms with Gasteiger partial charge in [-0.2, -0.15) is 10.2 Å². The fourth-order valence-corrected chi connectivity index (χ4v) is 8.00. The highest BCUT2D eigenvalue weighted by atomic mass is 16.5. The van der Waals surface area contributed by atoms with Crippen molar-refractivity contribution in [2.75, 3.05) is 31.2 Å². The van der Waals surface area contributed by atoms with E-state index in [4.69, 9.17) is 14.8 Å². The Morgan fingerprint density at radius 1 is 1.27 bits per heavy atom. The maximum absolute atomic E-state index is 12.9. The summed E-state index contributed by atoms with van der Waals surface area (Å²) in [6.07, 6.45) is 10.0. The van der Waals surface area contributed by atoms with Crippen molar-refractivity contribution in [3.8, 4) is 0 Å². The van der Waals surface area contributed by atoms with Crippen molar-refractivity contribution in [3.63, 3.8) is 0 Å². The topological polar surface area (TPSA) is 102 Å². The Morgan fingerprint density at radius 3 is 3.02 bits per heavy atom. The number of morpholine rings is 1. The van der Waals surface area contributed by atoms with Crippen molar-refractivity contribution < 1.29 is 9.53 Å². The number of nitrogens with one attached hydrogen (secondary N) is 2. The number of carbonyl (C=O) groups is 1. The number of aromatic nitrogens is 5. The summed E-state index contributed by atoms with van der Waals surface area (Å²) < 4.78 is 9.75. The van der Waals surface area contributed by atoms with Crippen LogP contribution in [0.4, 0.5) is 5.69 Å². The smallest absolute Gasteiger partial charge is 0.239 e. The second kappa shape index (κ2) is 10.1. The molecule has 7 rings (SSSR count). The molecule has 3 aromatic rings. The third kappa shape index (κ3) is 4.59. The van der Waals surface area contributed by atoms with Crippen LogP contribution in [0.3, 0.4) is 0 Å². The van der Waals surface area contributed by atoms with Crippen LogP contribution in [0, 0.1) is 25.2 Å². The summed E-state index contributed by atoms with van der Waals surface area (Å²) in [5.41, 5.74) is 7.41. The number of pyridine rings is 1. The molecule has 0 spiro atoms. The highest BCUT2D eigenvalue weighted by Gasteiger charge is 2.45. The molecule has 2 saturated carbocycles. The van der Waals surface area contributed by atoms with E-state index in [1.807, 2.05) is 17.9 Å². The molecule has 2 bridgehead atoms. The second-order valence-electron chi connectivity index (χ2n) is 12.7. The van der Waals surface area contributed by atoms with Gasteiger partial charge in [0.15, 0.2) is 5.65 Å². The van der Waals surface area contributed by atoms with Crippen LogP contribution < -0.4 is 15.5 Å². The molecule has 0 aromatic carbocycles. The van der Waals surface area contributed by atoms with E-state index >= 15 is 0 Å². The molecule has 0 radical (unpaired) electrons. The van der Waals surface area contributed by atoms with Gasteiger partial charge in [-0.1, -0.05) is 6.42 Å². The predicted molar refractivity (Wildman–Crippen MR) is 153 cm³/mol. The largest absolute Gasteiger partial charge is 0.378 e. The molecule has 3 fully saturated rings. The summed E-state index contributed by atoms with van der Waals surface area (Å²) in [5.74, 6) is 0.660. The number of nitrogens with zero attached hydrogens (tertiary/aromatic N) is 6. The maximum atomic E-state index is 12.9.